The molecule has 0 atom stereocenters. The lowest BCUT2D eigenvalue weighted by atomic mass is 10.0. The SMILES string of the molecule is CCOC(=O)c1c[nH]c2ncnc(-c3cccc(CC(=O)C4=COCCO4)c3)c12. The maximum Gasteiger partial charge on any atom is 0.340 e. The van der Waals surface area contributed by atoms with E-state index in [2.05, 4.69) is 15.0 Å². The van der Waals surface area contributed by atoms with E-state index in [1.165, 1.54) is 12.6 Å². The molecule has 0 unspecified atom stereocenters. The summed E-state index contributed by atoms with van der Waals surface area (Å²) in [7, 11) is 0. The van der Waals surface area contributed by atoms with Crippen molar-refractivity contribution < 1.29 is 23.8 Å². The van der Waals surface area contributed by atoms with Gasteiger partial charge in [0.15, 0.2) is 5.76 Å². The number of carbonyl (C=O) groups excluding carboxylic acids is 2. The number of ether oxygens (including phenoxy) is 3. The van der Waals surface area contributed by atoms with E-state index in [1.54, 1.807) is 13.1 Å². The highest BCUT2D eigenvalue weighted by atomic mass is 16.6. The van der Waals surface area contributed by atoms with E-state index >= 15 is 0 Å². The molecular weight excluding hydrogens is 374 g/mol. The number of esters is 1. The van der Waals surface area contributed by atoms with E-state index in [0.29, 0.717) is 35.5 Å². The van der Waals surface area contributed by atoms with E-state index in [9.17, 15) is 9.59 Å². The third-order valence-electron chi connectivity index (χ3n) is 4.45. The number of carbonyl (C=O) groups is 2. The van der Waals surface area contributed by atoms with E-state index in [4.69, 9.17) is 14.2 Å². The fraction of sp³-hybridized carbons (Fsp3) is 0.238. The molecule has 1 aromatic carbocycles. The second kappa shape index (κ2) is 8.14. The van der Waals surface area contributed by atoms with Gasteiger partial charge in [-0.2, -0.15) is 0 Å². The molecule has 3 heterocycles. The number of Topliss-reactive ketones (excluding diaryl/α,β-unsaturated/α-hetero) is 1. The predicted octanol–water partition coefficient (Wildman–Crippen LogP) is 2.80. The summed E-state index contributed by atoms with van der Waals surface area (Å²) in [6.07, 6.45) is 4.52. The van der Waals surface area contributed by atoms with Gasteiger partial charge < -0.3 is 19.2 Å². The standard InChI is InChI=1S/C21H19N3O5/c1-2-28-21(26)15-10-22-20-18(15)19(23-12-24-20)14-5-3-4-13(8-14)9-16(25)17-11-27-6-7-29-17/h3-5,8,10-12H,2,6-7,9H2,1H3,(H,22,23,24). The zero-order valence-corrected chi connectivity index (χ0v) is 15.8. The predicted molar refractivity (Wildman–Crippen MR) is 104 cm³/mol. The van der Waals surface area contributed by atoms with Crippen molar-refractivity contribution in [1.29, 1.82) is 0 Å². The fourth-order valence-electron chi connectivity index (χ4n) is 3.17. The first kappa shape index (κ1) is 18.7. The molecule has 0 aliphatic carbocycles. The highest BCUT2D eigenvalue weighted by Crippen LogP contribution is 2.29. The Morgan fingerprint density at radius 1 is 1.24 bits per heavy atom. The van der Waals surface area contributed by atoms with Crippen LogP contribution in [0.1, 0.15) is 22.8 Å². The van der Waals surface area contributed by atoms with Crippen LogP contribution in [0.2, 0.25) is 0 Å². The number of benzene rings is 1. The molecule has 1 aliphatic heterocycles. The highest BCUT2D eigenvalue weighted by molar-refractivity contribution is 6.08. The summed E-state index contributed by atoms with van der Waals surface area (Å²) < 4.78 is 15.6. The van der Waals surface area contributed by atoms with Crippen LogP contribution in [0, 0.1) is 0 Å². The van der Waals surface area contributed by atoms with Crippen LogP contribution in [0.25, 0.3) is 22.3 Å². The number of aromatic nitrogens is 3. The Bertz CT molecular complexity index is 1100. The van der Waals surface area contributed by atoms with Gasteiger partial charge in [0.2, 0.25) is 5.78 Å². The Morgan fingerprint density at radius 3 is 2.93 bits per heavy atom. The quantitative estimate of drug-likeness (QED) is 0.642. The largest absolute Gasteiger partial charge is 0.494 e. The lowest BCUT2D eigenvalue weighted by molar-refractivity contribution is -0.119. The molecule has 0 saturated carbocycles. The second-order valence-corrected chi connectivity index (χ2v) is 6.37. The van der Waals surface area contributed by atoms with Crippen LogP contribution in [0.4, 0.5) is 0 Å². The van der Waals surface area contributed by atoms with Gasteiger partial charge in [-0.15, -0.1) is 0 Å². The zero-order valence-electron chi connectivity index (χ0n) is 15.8. The van der Waals surface area contributed by atoms with Gasteiger partial charge in [-0.3, -0.25) is 4.79 Å². The van der Waals surface area contributed by atoms with Crippen molar-refractivity contribution in [2.24, 2.45) is 0 Å². The van der Waals surface area contributed by atoms with Crippen LogP contribution in [0.15, 0.2) is 48.8 Å². The first-order chi connectivity index (χ1) is 14.2. The molecular formula is C21H19N3O5. The Kier molecular flexibility index (Phi) is 5.24. The van der Waals surface area contributed by atoms with Crippen LogP contribution in [-0.4, -0.2) is 46.5 Å². The van der Waals surface area contributed by atoms with Gasteiger partial charge in [0.1, 0.15) is 31.5 Å². The van der Waals surface area contributed by atoms with Crippen molar-refractivity contribution >= 4 is 22.8 Å². The van der Waals surface area contributed by atoms with E-state index < -0.39 is 5.97 Å². The number of nitrogens with one attached hydrogen (secondary N) is 1. The van der Waals surface area contributed by atoms with Crippen molar-refractivity contribution in [3.05, 3.63) is 59.9 Å². The summed E-state index contributed by atoms with van der Waals surface area (Å²) in [5, 5.41) is 0.584. The second-order valence-electron chi connectivity index (χ2n) is 6.37. The zero-order chi connectivity index (χ0) is 20.2. The molecule has 0 fully saturated rings. The van der Waals surface area contributed by atoms with Crippen LogP contribution >= 0.6 is 0 Å². The Labute approximate surface area is 166 Å². The number of fused-ring (bicyclic) bond motifs is 1. The van der Waals surface area contributed by atoms with E-state index in [-0.39, 0.29) is 24.6 Å². The molecule has 8 heteroatoms. The monoisotopic (exact) mass is 393 g/mol. The molecule has 3 aromatic rings. The van der Waals surface area contributed by atoms with Crippen molar-refractivity contribution in [1.82, 2.24) is 15.0 Å². The summed E-state index contributed by atoms with van der Waals surface area (Å²) in [5.41, 5.74) is 3.06. The molecule has 0 spiro atoms. The summed E-state index contributed by atoms with van der Waals surface area (Å²) in [6, 6.07) is 7.44. The minimum Gasteiger partial charge on any atom is -0.494 e. The van der Waals surface area contributed by atoms with Crippen molar-refractivity contribution in [3.63, 3.8) is 0 Å². The van der Waals surface area contributed by atoms with Crippen LogP contribution in [0.5, 0.6) is 0 Å². The number of allylic oxidation sites excluding steroid dienone is 1. The number of rotatable bonds is 6. The lowest BCUT2D eigenvalue weighted by Gasteiger charge is -2.14. The van der Waals surface area contributed by atoms with Crippen LogP contribution in [-0.2, 0) is 25.4 Å². The molecule has 4 rings (SSSR count). The molecule has 0 amide bonds. The molecule has 29 heavy (non-hydrogen) atoms. The highest BCUT2D eigenvalue weighted by Gasteiger charge is 2.20. The Balaban J connectivity index is 1.69. The average Bonchev–Trinajstić information content (AvgIpc) is 3.19. The Hall–Kier alpha value is -3.68. The number of ketones is 1. The smallest absolute Gasteiger partial charge is 0.340 e. The molecule has 0 radical (unpaired) electrons. The first-order valence-electron chi connectivity index (χ1n) is 9.23. The molecule has 0 bridgehead atoms. The van der Waals surface area contributed by atoms with Crippen molar-refractivity contribution in [2.75, 3.05) is 19.8 Å². The molecule has 8 nitrogen and oxygen atoms in total. The normalized spacial score (nSPS) is 13.3. The molecule has 2 aromatic heterocycles. The van der Waals surface area contributed by atoms with Gasteiger partial charge in [0.05, 0.1) is 23.3 Å². The third-order valence-corrected chi connectivity index (χ3v) is 4.45. The van der Waals surface area contributed by atoms with Gasteiger partial charge in [-0.25, -0.2) is 14.8 Å². The Morgan fingerprint density at radius 2 is 2.14 bits per heavy atom. The lowest BCUT2D eigenvalue weighted by Crippen LogP contribution is -2.16. The fourth-order valence-corrected chi connectivity index (χ4v) is 3.17. The van der Waals surface area contributed by atoms with Crippen molar-refractivity contribution in [2.45, 2.75) is 13.3 Å². The van der Waals surface area contributed by atoms with Gasteiger partial charge in [0, 0.05) is 18.2 Å². The summed E-state index contributed by atoms with van der Waals surface area (Å²) in [6.45, 7) is 2.82. The maximum atomic E-state index is 12.4. The topological polar surface area (TPSA) is 103 Å². The van der Waals surface area contributed by atoms with E-state index in [1.807, 2.05) is 24.3 Å². The van der Waals surface area contributed by atoms with Gasteiger partial charge in [0.25, 0.3) is 0 Å². The summed E-state index contributed by atoms with van der Waals surface area (Å²) in [5.74, 6) is -0.382. The maximum absolute atomic E-state index is 12.4. The number of hydrogen-bond donors (Lipinski definition) is 1. The van der Waals surface area contributed by atoms with Gasteiger partial charge in [-0.1, -0.05) is 18.2 Å². The minimum absolute atomic E-state index is 0.162. The summed E-state index contributed by atoms with van der Waals surface area (Å²) in [4.78, 5) is 36.3. The number of nitrogens with zero attached hydrogens (tertiary/aromatic N) is 2. The van der Waals surface area contributed by atoms with E-state index in [0.717, 1.165) is 11.1 Å². The molecule has 1 N–H and O–H groups in total. The number of hydrogen-bond acceptors (Lipinski definition) is 7. The molecule has 0 saturated heterocycles. The summed E-state index contributed by atoms with van der Waals surface area (Å²) >= 11 is 0. The van der Waals surface area contributed by atoms with Gasteiger partial charge >= 0.3 is 5.97 Å². The third kappa shape index (κ3) is 3.82. The number of aromatic amines is 1. The van der Waals surface area contributed by atoms with Crippen molar-refractivity contribution in [3.8, 4) is 11.3 Å². The van der Waals surface area contributed by atoms with Crippen LogP contribution in [0.3, 0.4) is 0 Å². The van der Waals surface area contributed by atoms with Crippen LogP contribution < -0.4 is 0 Å². The molecule has 148 valence electrons. The average molecular weight is 393 g/mol. The molecule has 1 aliphatic rings. The number of H-pyrrole nitrogens is 1. The first-order valence-corrected chi connectivity index (χ1v) is 9.23. The minimum atomic E-state index is -0.442. The van der Waals surface area contributed by atoms with Gasteiger partial charge in [-0.05, 0) is 18.6 Å².